The quantitative estimate of drug-likeness (QED) is 0.590. The number of rotatable bonds is 9. The van der Waals surface area contributed by atoms with E-state index < -0.39 is 0 Å². The van der Waals surface area contributed by atoms with E-state index >= 15 is 0 Å². The molecule has 0 amide bonds. The summed E-state index contributed by atoms with van der Waals surface area (Å²) in [7, 11) is 0. The Bertz CT molecular complexity index is 83.2. The monoisotopic (exact) mass is 245 g/mol. The van der Waals surface area contributed by atoms with Crippen LogP contribution in [0.4, 0.5) is 14.1 Å². The molecule has 4 heteroatoms. The van der Waals surface area contributed by atoms with E-state index in [0.29, 0.717) is 0 Å². The first-order valence-corrected chi connectivity index (χ1v) is 6.07. The Kier molecular flexibility index (Phi) is 31.3. The summed E-state index contributed by atoms with van der Waals surface area (Å²) < 4.78 is 0. The summed E-state index contributed by atoms with van der Waals surface area (Å²) in [6.07, 6.45) is 8.09. The Morgan fingerprint density at radius 2 is 0.812 bits per heavy atom. The van der Waals surface area contributed by atoms with Crippen molar-refractivity contribution in [3.05, 3.63) is 0 Å². The molecule has 0 aromatic rings. The van der Waals surface area contributed by atoms with Gasteiger partial charge in [0.1, 0.15) is 0 Å². The first kappa shape index (κ1) is 24.8. The zero-order valence-corrected chi connectivity index (χ0v) is 11.0. The van der Waals surface area contributed by atoms with Crippen molar-refractivity contribution in [3.8, 4) is 0 Å². The van der Waals surface area contributed by atoms with Crippen LogP contribution in [-0.4, -0.2) is 24.5 Å². The highest BCUT2D eigenvalue weighted by atomic mass is 19.0. The normalized spacial score (nSPS) is 9.00. The van der Waals surface area contributed by atoms with Gasteiger partial charge in [-0.05, 0) is 38.9 Å². The third-order valence-electron chi connectivity index (χ3n) is 2.48. The van der Waals surface area contributed by atoms with Gasteiger partial charge in [0.05, 0.1) is 0 Å². The highest BCUT2D eigenvalue weighted by Crippen LogP contribution is 2.01. The maximum absolute atomic E-state index is 2.64. The van der Waals surface area contributed by atoms with Gasteiger partial charge < -0.3 is 4.90 Å². The Morgan fingerprint density at radius 3 is 1.00 bits per heavy atom. The third kappa shape index (κ3) is 16.2. The van der Waals surface area contributed by atoms with Crippen LogP contribution < -0.4 is 0 Å². The number of hydrogen-bond acceptors (Lipinski definition) is 1. The Labute approximate surface area is 98.7 Å². The average Bonchev–Trinajstić information content (AvgIpc) is 2.17. The predicted molar refractivity (Wildman–Crippen MR) is 68.7 cm³/mol. The van der Waals surface area contributed by atoms with Gasteiger partial charge in [-0.2, -0.15) is 0 Å². The summed E-state index contributed by atoms with van der Waals surface area (Å²) in [5, 5.41) is 0. The first-order valence-electron chi connectivity index (χ1n) is 6.07. The van der Waals surface area contributed by atoms with Crippen LogP contribution in [0, 0.1) is 0 Å². The molecule has 0 fully saturated rings. The maximum Gasteiger partial charge on any atom is -0.00188 e. The second kappa shape index (κ2) is 20.2. The molecule has 0 heterocycles. The Hall–Kier alpha value is -0.250. The molecule has 0 radical (unpaired) electrons. The molecule has 104 valence electrons. The van der Waals surface area contributed by atoms with Crippen molar-refractivity contribution in [1.82, 2.24) is 4.90 Å². The molecule has 0 aliphatic heterocycles. The second-order valence-corrected chi connectivity index (χ2v) is 3.90. The van der Waals surface area contributed by atoms with Gasteiger partial charge >= 0.3 is 0 Å². The van der Waals surface area contributed by atoms with Crippen LogP contribution in [0.2, 0.25) is 0 Å². The zero-order chi connectivity index (χ0) is 9.94. The van der Waals surface area contributed by atoms with E-state index in [1.165, 1.54) is 58.2 Å². The summed E-state index contributed by atoms with van der Waals surface area (Å²) in [5.74, 6) is 0. The number of hydrogen-bond donors (Lipinski definition) is 0. The molecule has 0 unspecified atom stereocenters. The smallest absolute Gasteiger partial charge is 0.00188 e. The van der Waals surface area contributed by atoms with E-state index in [2.05, 4.69) is 25.7 Å². The van der Waals surface area contributed by atoms with Gasteiger partial charge in [-0.3, -0.25) is 14.1 Å². The molecular weight excluding hydrogens is 215 g/mol. The summed E-state index contributed by atoms with van der Waals surface area (Å²) >= 11 is 0. The van der Waals surface area contributed by atoms with Crippen molar-refractivity contribution in [2.45, 2.75) is 59.3 Å². The molecule has 0 aromatic heterocycles. The van der Waals surface area contributed by atoms with Crippen molar-refractivity contribution in [1.29, 1.82) is 0 Å². The Balaban J connectivity index is -0.000000240. The van der Waals surface area contributed by atoms with Crippen molar-refractivity contribution in [2.75, 3.05) is 19.6 Å². The van der Waals surface area contributed by atoms with Crippen molar-refractivity contribution < 1.29 is 14.1 Å². The molecule has 0 saturated carbocycles. The largest absolute Gasteiger partial charge is 0.303 e. The summed E-state index contributed by atoms with van der Waals surface area (Å²) in [6, 6.07) is 0. The minimum absolute atomic E-state index is 0. The number of halogens is 3. The summed E-state index contributed by atoms with van der Waals surface area (Å²) in [6.45, 7) is 10.8. The molecule has 0 aliphatic carbocycles. The van der Waals surface area contributed by atoms with Crippen LogP contribution in [0.3, 0.4) is 0 Å². The van der Waals surface area contributed by atoms with Crippen LogP contribution in [0.15, 0.2) is 0 Å². The van der Waals surface area contributed by atoms with Crippen molar-refractivity contribution in [2.24, 2.45) is 0 Å². The van der Waals surface area contributed by atoms with Crippen molar-refractivity contribution >= 4 is 0 Å². The zero-order valence-electron chi connectivity index (χ0n) is 11.0. The fraction of sp³-hybridized carbons (Fsp3) is 1.00. The standard InChI is InChI=1S/C12H27N.3FH/c1-4-7-10-13(11-8-5-2)12-9-6-3;;;/h4-12H2,1-3H3;3*1H. The third-order valence-corrected chi connectivity index (χ3v) is 2.48. The molecule has 0 rings (SSSR count). The van der Waals surface area contributed by atoms with Gasteiger partial charge in [-0.25, -0.2) is 0 Å². The van der Waals surface area contributed by atoms with Gasteiger partial charge in [0.15, 0.2) is 0 Å². The van der Waals surface area contributed by atoms with Crippen LogP contribution in [-0.2, 0) is 0 Å². The van der Waals surface area contributed by atoms with E-state index in [1.807, 2.05) is 0 Å². The summed E-state index contributed by atoms with van der Waals surface area (Å²) in [4.78, 5) is 2.64. The minimum Gasteiger partial charge on any atom is -0.303 e. The van der Waals surface area contributed by atoms with E-state index in [1.54, 1.807) is 0 Å². The highest BCUT2D eigenvalue weighted by molar-refractivity contribution is 4.57. The Morgan fingerprint density at radius 1 is 0.562 bits per heavy atom. The summed E-state index contributed by atoms with van der Waals surface area (Å²) in [5.41, 5.74) is 0. The lowest BCUT2D eigenvalue weighted by Crippen LogP contribution is -2.27. The second-order valence-electron chi connectivity index (χ2n) is 3.90. The maximum atomic E-state index is 2.64. The fourth-order valence-electron chi connectivity index (χ4n) is 1.48. The number of unbranched alkanes of at least 4 members (excludes halogenated alkanes) is 3. The molecule has 0 saturated heterocycles. The van der Waals surface area contributed by atoms with Gasteiger partial charge in [0.25, 0.3) is 0 Å². The first-order chi connectivity index (χ1) is 6.35. The SMILES string of the molecule is CCCCN(CCCC)CCCC.F.F.F. The van der Waals surface area contributed by atoms with Crippen LogP contribution in [0.1, 0.15) is 59.3 Å². The van der Waals surface area contributed by atoms with Crippen LogP contribution in [0.25, 0.3) is 0 Å². The topological polar surface area (TPSA) is 3.24 Å². The molecule has 1 nitrogen and oxygen atoms in total. The van der Waals surface area contributed by atoms with Crippen LogP contribution in [0.5, 0.6) is 0 Å². The number of nitrogens with zero attached hydrogens (tertiary/aromatic N) is 1. The molecule has 0 aliphatic rings. The van der Waals surface area contributed by atoms with E-state index in [4.69, 9.17) is 0 Å². The van der Waals surface area contributed by atoms with Crippen molar-refractivity contribution in [3.63, 3.8) is 0 Å². The molecular formula is C12H30F3N. The predicted octanol–water partition coefficient (Wildman–Crippen LogP) is 4.15. The average molecular weight is 245 g/mol. The molecule has 0 bridgehead atoms. The molecule has 0 spiro atoms. The van der Waals surface area contributed by atoms with Gasteiger partial charge in [-0.15, -0.1) is 0 Å². The fourth-order valence-corrected chi connectivity index (χ4v) is 1.48. The molecule has 16 heavy (non-hydrogen) atoms. The van der Waals surface area contributed by atoms with Gasteiger partial charge in [0.2, 0.25) is 0 Å². The molecule has 0 atom stereocenters. The van der Waals surface area contributed by atoms with Gasteiger partial charge in [0, 0.05) is 0 Å². The lowest BCUT2D eigenvalue weighted by molar-refractivity contribution is 0.261. The molecule has 0 aromatic carbocycles. The minimum atomic E-state index is 0. The van der Waals surface area contributed by atoms with Gasteiger partial charge in [-0.1, -0.05) is 40.0 Å². The van der Waals surface area contributed by atoms with E-state index in [0.717, 1.165) is 0 Å². The lowest BCUT2D eigenvalue weighted by Gasteiger charge is -2.21. The lowest BCUT2D eigenvalue weighted by atomic mass is 10.2. The highest BCUT2D eigenvalue weighted by Gasteiger charge is 2.01. The van der Waals surface area contributed by atoms with E-state index in [-0.39, 0.29) is 14.1 Å². The van der Waals surface area contributed by atoms with Crippen LogP contribution >= 0.6 is 0 Å². The van der Waals surface area contributed by atoms with E-state index in [9.17, 15) is 0 Å². The molecule has 0 N–H and O–H groups in total.